The van der Waals surface area contributed by atoms with E-state index in [0.29, 0.717) is 13.0 Å². The maximum atomic E-state index is 12.8. The van der Waals surface area contributed by atoms with Gasteiger partial charge in [0.2, 0.25) is 11.8 Å². The van der Waals surface area contributed by atoms with Gasteiger partial charge in [-0.3, -0.25) is 9.59 Å². The molecule has 0 aliphatic heterocycles. The zero-order valence-electron chi connectivity index (χ0n) is 18.3. The number of hydrogen-bond acceptors (Lipinski definition) is 4. The predicted molar refractivity (Wildman–Crippen MR) is 119 cm³/mol. The Morgan fingerprint density at radius 1 is 0.839 bits per heavy atom. The predicted octanol–water partition coefficient (Wildman–Crippen LogP) is 3.15. The fourth-order valence-corrected chi connectivity index (χ4v) is 2.90. The smallest absolute Gasteiger partial charge is 0.408 e. The number of amides is 3. The molecule has 0 saturated heterocycles. The Kier molecular flexibility index (Phi) is 9.55. The molecule has 1 unspecified atom stereocenters. The van der Waals surface area contributed by atoms with Crippen molar-refractivity contribution in [2.45, 2.75) is 52.4 Å². The van der Waals surface area contributed by atoms with Crippen molar-refractivity contribution in [3.05, 3.63) is 71.8 Å². The molecule has 0 fully saturated rings. The Balaban J connectivity index is 1.87. The van der Waals surface area contributed by atoms with Crippen molar-refractivity contribution in [1.82, 2.24) is 16.0 Å². The number of nitrogens with one attached hydrogen (secondary N) is 3. The van der Waals surface area contributed by atoms with Crippen molar-refractivity contribution < 1.29 is 19.1 Å². The molecule has 31 heavy (non-hydrogen) atoms. The number of hydrogen-bond donors (Lipinski definition) is 3. The van der Waals surface area contributed by atoms with Gasteiger partial charge >= 0.3 is 6.09 Å². The van der Waals surface area contributed by atoms with E-state index in [2.05, 4.69) is 16.0 Å². The highest BCUT2D eigenvalue weighted by molar-refractivity contribution is 5.91. The lowest BCUT2D eigenvalue weighted by Gasteiger charge is -2.25. The van der Waals surface area contributed by atoms with Crippen LogP contribution in [0.2, 0.25) is 0 Å². The summed E-state index contributed by atoms with van der Waals surface area (Å²) in [5.74, 6) is -0.857. The van der Waals surface area contributed by atoms with Crippen LogP contribution in [0.1, 0.15) is 38.3 Å². The van der Waals surface area contributed by atoms with Crippen molar-refractivity contribution in [2.75, 3.05) is 0 Å². The highest BCUT2D eigenvalue weighted by Gasteiger charge is 2.28. The molecule has 2 aromatic rings. The van der Waals surface area contributed by atoms with E-state index in [1.807, 2.05) is 74.5 Å². The summed E-state index contributed by atoms with van der Waals surface area (Å²) in [5.41, 5.74) is 1.82. The molecule has 2 aromatic carbocycles. The maximum absolute atomic E-state index is 12.8. The summed E-state index contributed by atoms with van der Waals surface area (Å²) in [4.78, 5) is 37.4. The minimum absolute atomic E-state index is 0.111. The van der Waals surface area contributed by atoms with Crippen LogP contribution in [-0.2, 0) is 27.5 Å². The average Bonchev–Trinajstić information content (AvgIpc) is 2.80. The molecule has 166 valence electrons. The summed E-state index contributed by atoms with van der Waals surface area (Å²) in [7, 11) is 0. The fraction of sp³-hybridized carbons (Fsp3) is 0.375. The van der Waals surface area contributed by atoms with E-state index in [4.69, 9.17) is 4.74 Å². The van der Waals surface area contributed by atoms with Crippen LogP contribution >= 0.6 is 0 Å². The Hall–Kier alpha value is -3.35. The van der Waals surface area contributed by atoms with Gasteiger partial charge < -0.3 is 20.7 Å². The minimum atomic E-state index is -0.808. The molecule has 0 aromatic heterocycles. The van der Waals surface area contributed by atoms with Crippen LogP contribution in [0, 0.1) is 5.92 Å². The lowest BCUT2D eigenvalue weighted by molar-refractivity contribution is -0.130. The number of alkyl carbamates (subject to hydrolysis) is 1. The van der Waals surface area contributed by atoms with E-state index in [0.717, 1.165) is 11.1 Å². The van der Waals surface area contributed by atoms with E-state index in [1.54, 1.807) is 6.92 Å². The Bertz CT molecular complexity index is 842. The van der Waals surface area contributed by atoms with E-state index in [-0.39, 0.29) is 18.4 Å². The first-order valence-corrected chi connectivity index (χ1v) is 10.5. The molecule has 3 atom stereocenters. The van der Waals surface area contributed by atoms with Gasteiger partial charge in [0.05, 0.1) is 0 Å². The topological polar surface area (TPSA) is 96.5 Å². The summed E-state index contributed by atoms with van der Waals surface area (Å²) in [6.45, 7) is 5.89. The summed E-state index contributed by atoms with van der Waals surface area (Å²) in [6.07, 6.45) is -0.00322. The standard InChI is InChI=1S/C24H31N3O4/c1-4-17(2)21(27-24(30)31-16-20-13-9-6-10-14-20)23(29)26-18(3)22(28)25-15-19-11-7-5-8-12-19/h5-14,17-18,21H,4,15-16H2,1-3H3,(H,25,28)(H,26,29)(H,27,30)/t17-,18?,21-/m0/s1. The number of benzene rings is 2. The second-order valence-corrected chi connectivity index (χ2v) is 7.50. The van der Waals surface area contributed by atoms with E-state index in [9.17, 15) is 14.4 Å². The van der Waals surface area contributed by atoms with Gasteiger partial charge in [0, 0.05) is 6.54 Å². The monoisotopic (exact) mass is 425 g/mol. The average molecular weight is 426 g/mol. The Morgan fingerprint density at radius 2 is 1.42 bits per heavy atom. The van der Waals surface area contributed by atoms with Crippen molar-refractivity contribution in [3.63, 3.8) is 0 Å². The molecule has 0 radical (unpaired) electrons. The Morgan fingerprint density at radius 3 is 2.00 bits per heavy atom. The second kappa shape index (κ2) is 12.4. The normalized spacial score (nSPS) is 13.4. The van der Waals surface area contributed by atoms with Gasteiger partial charge in [-0.15, -0.1) is 0 Å². The van der Waals surface area contributed by atoms with Crippen LogP contribution in [0.4, 0.5) is 4.79 Å². The van der Waals surface area contributed by atoms with Crippen molar-refractivity contribution in [1.29, 1.82) is 0 Å². The number of rotatable bonds is 10. The van der Waals surface area contributed by atoms with E-state index < -0.39 is 24.1 Å². The summed E-state index contributed by atoms with van der Waals surface area (Å²) in [6, 6.07) is 17.3. The summed E-state index contributed by atoms with van der Waals surface area (Å²) >= 11 is 0. The summed E-state index contributed by atoms with van der Waals surface area (Å²) < 4.78 is 5.23. The van der Waals surface area contributed by atoms with Gasteiger partial charge in [0.25, 0.3) is 0 Å². The van der Waals surface area contributed by atoms with Crippen molar-refractivity contribution in [3.8, 4) is 0 Å². The number of ether oxygens (including phenoxy) is 1. The van der Waals surface area contributed by atoms with Crippen LogP contribution in [0.25, 0.3) is 0 Å². The third-order valence-corrected chi connectivity index (χ3v) is 5.04. The van der Waals surface area contributed by atoms with Gasteiger partial charge in [0.1, 0.15) is 18.7 Å². The first-order valence-electron chi connectivity index (χ1n) is 10.5. The quantitative estimate of drug-likeness (QED) is 0.545. The van der Waals surface area contributed by atoms with Gasteiger partial charge in [0.15, 0.2) is 0 Å². The third kappa shape index (κ3) is 8.12. The van der Waals surface area contributed by atoms with Crippen molar-refractivity contribution >= 4 is 17.9 Å². The molecular weight excluding hydrogens is 394 g/mol. The molecule has 2 rings (SSSR count). The molecule has 3 N–H and O–H groups in total. The largest absolute Gasteiger partial charge is 0.445 e. The maximum Gasteiger partial charge on any atom is 0.408 e. The van der Waals surface area contributed by atoms with Gasteiger partial charge in [-0.25, -0.2) is 4.79 Å². The molecule has 0 aliphatic carbocycles. The first-order chi connectivity index (χ1) is 14.9. The highest BCUT2D eigenvalue weighted by Crippen LogP contribution is 2.09. The van der Waals surface area contributed by atoms with E-state index in [1.165, 1.54) is 0 Å². The highest BCUT2D eigenvalue weighted by atomic mass is 16.5. The Labute approximate surface area is 183 Å². The molecule has 3 amide bonds. The molecule has 0 heterocycles. The molecule has 0 saturated carbocycles. The lowest BCUT2D eigenvalue weighted by Crippen LogP contribution is -2.54. The van der Waals surface area contributed by atoms with Crippen LogP contribution in [0.5, 0.6) is 0 Å². The van der Waals surface area contributed by atoms with Gasteiger partial charge in [-0.05, 0) is 24.0 Å². The van der Waals surface area contributed by atoms with E-state index >= 15 is 0 Å². The van der Waals surface area contributed by atoms with Gasteiger partial charge in [-0.1, -0.05) is 80.9 Å². The first kappa shape index (κ1) is 23.9. The lowest BCUT2D eigenvalue weighted by atomic mass is 9.98. The van der Waals surface area contributed by atoms with Gasteiger partial charge in [-0.2, -0.15) is 0 Å². The minimum Gasteiger partial charge on any atom is -0.445 e. The fourth-order valence-electron chi connectivity index (χ4n) is 2.90. The molecule has 7 heteroatoms. The van der Waals surface area contributed by atoms with Crippen LogP contribution in [0.3, 0.4) is 0 Å². The zero-order valence-corrected chi connectivity index (χ0v) is 18.3. The number of carbonyl (C=O) groups is 3. The zero-order chi connectivity index (χ0) is 22.6. The van der Waals surface area contributed by atoms with Crippen LogP contribution in [0.15, 0.2) is 60.7 Å². The molecule has 0 aliphatic rings. The molecule has 0 bridgehead atoms. The van der Waals surface area contributed by atoms with Crippen molar-refractivity contribution in [2.24, 2.45) is 5.92 Å². The SMILES string of the molecule is CC[C@H](C)[C@H](NC(=O)OCc1ccccc1)C(=O)NC(C)C(=O)NCc1ccccc1. The molecule has 7 nitrogen and oxygen atoms in total. The summed E-state index contributed by atoms with van der Waals surface area (Å²) in [5, 5.41) is 8.12. The third-order valence-electron chi connectivity index (χ3n) is 5.04. The number of carbonyl (C=O) groups excluding carboxylic acids is 3. The van der Waals surface area contributed by atoms with Crippen LogP contribution < -0.4 is 16.0 Å². The molecule has 0 spiro atoms. The second-order valence-electron chi connectivity index (χ2n) is 7.50. The van der Waals surface area contributed by atoms with Crippen LogP contribution in [-0.4, -0.2) is 30.0 Å². The molecular formula is C24H31N3O4.